The van der Waals surface area contributed by atoms with Gasteiger partial charge in [0.25, 0.3) is 0 Å². The molecule has 0 radical (unpaired) electrons. The molecule has 1 aliphatic rings. The number of amides is 2. The van der Waals surface area contributed by atoms with Gasteiger partial charge in [0.2, 0.25) is 11.8 Å². The summed E-state index contributed by atoms with van der Waals surface area (Å²) in [6.45, 7) is 2.06. The smallest absolute Gasteiger partial charge is 0.230 e. The molecule has 26 heavy (non-hydrogen) atoms. The third-order valence-corrected chi connectivity index (χ3v) is 5.35. The average molecular weight is 393 g/mol. The van der Waals surface area contributed by atoms with Crippen LogP contribution in [0.3, 0.4) is 0 Å². The van der Waals surface area contributed by atoms with Crippen molar-refractivity contribution in [3.63, 3.8) is 0 Å². The molecule has 1 fully saturated rings. The molecule has 0 saturated carbocycles. The van der Waals surface area contributed by atoms with Gasteiger partial charge in [-0.1, -0.05) is 29.4 Å². The van der Waals surface area contributed by atoms with Gasteiger partial charge in [-0.15, -0.1) is 0 Å². The van der Waals surface area contributed by atoms with E-state index < -0.39 is 0 Å². The number of benzene rings is 1. The third kappa shape index (κ3) is 5.02. The zero-order valence-corrected chi connectivity index (χ0v) is 15.9. The van der Waals surface area contributed by atoms with E-state index in [-0.39, 0.29) is 17.6 Å². The van der Waals surface area contributed by atoms with Gasteiger partial charge in [-0.25, -0.2) is 4.98 Å². The number of carbonyl (C=O) groups excluding carboxylic acids is 2. The van der Waals surface area contributed by atoms with Gasteiger partial charge in [-0.3, -0.25) is 14.2 Å². The first-order valence-electron chi connectivity index (χ1n) is 8.60. The van der Waals surface area contributed by atoms with Gasteiger partial charge in [0, 0.05) is 49.2 Å². The predicted molar refractivity (Wildman–Crippen MR) is 103 cm³/mol. The Bertz CT molecular complexity index is 774. The average Bonchev–Trinajstić information content (AvgIpc) is 3.31. The summed E-state index contributed by atoms with van der Waals surface area (Å²) in [5.74, 6) is 0.256. The lowest BCUT2D eigenvalue weighted by Gasteiger charge is -2.15. The second-order valence-electron chi connectivity index (χ2n) is 6.04. The highest BCUT2D eigenvalue weighted by molar-refractivity contribution is 7.99. The van der Waals surface area contributed by atoms with Crippen LogP contribution in [-0.4, -0.2) is 51.7 Å². The molecule has 1 aliphatic heterocycles. The maximum Gasteiger partial charge on any atom is 0.230 e. The number of hydrogen-bond acceptors (Lipinski definition) is 4. The van der Waals surface area contributed by atoms with Crippen LogP contribution >= 0.6 is 23.4 Å². The Labute approximate surface area is 161 Å². The zero-order valence-electron chi connectivity index (χ0n) is 14.4. The van der Waals surface area contributed by atoms with Gasteiger partial charge in [-0.05, 0) is 31.0 Å². The van der Waals surface area contributed by atoms with E-state index in [1.165, 1.54) is 11.8 Å². The number of nitrogens with zero attached hydrogens (tertiary/aromatic N) is 3. The van der Waals surface area contributed by atoms with Crippen molar-refractivity contribution in [2.75, 3.05) is 25.4 Å². The Morgan fingerprint density at radius 2 is 2.08 bits per heavy atom. The maximum atomic E-state index is 12.0. The van der Waals surface area contributed by atoms with E-state index in [4.69, 9.17) is 11.6 Å². The maximum absolute atomic E-state index is 12.0. The van der Waals surface area contributed by atoms with Gasteiger partial charge in [0.15, 0.2) is 5.16 Å². The molecule has 0 unspecified atom stereocenters. The van der Waals surface area contributed by atoms with Crippen molar-refractivity contribution < 1.29 is 9.59 Å². The van der Waals surface area contributed by atoms with Gasteiger partial charge in [0.1, 0.15) is 0 Å². The largest absolute Gasteiger partial charge is 0.355 e. The summed E-state index contributed by atoms with van der Waals surface area (Å²) < 4.78 is 1.89. The Morgan fingerprint density at radius 1 is 1.27 bits per heavy atom. The van der Waals surface area contributed by atoms with E-state index in [9.17, 15) is 9.59 Å². The van der Waals surface area contributed by atoms with Gasteiger partial charge in [-0.2, -0.15) is 0 Å². The molecule has 1 saturated heterocycles. The first kappa shape index (κ1) is 18.8. The molecule has 3 rings (SSSR count). The van der Waals surface area contributed by atoms with Crippen molar-refractivity contribution in [1.82, 2.24) is 19.8 Å². The molecule has 0 spiro atoms. The van der Waals surface area contributed by atoms with Crippen LogP contribution in [0.2, 0.25) is 5.02 Å². The van der Waals surface area contributed by atoms with Crippen LogP contribution < -0.4 is 5.32 Å². The standard InChI is InChI=1S/C18H21ClN4O2S/c19-14-4-3-5-15(12-14)23-11-8-21-18(23)26-13-16(24)20-7-6-17(25)22-9-1-2-10-22/h3-5,8,11-12H,1-2,6-7,9-10,13H2,(H,20,24). The molecule has 6 nitrogen and oxygen atoms in total. The van der Waals surface area contributed by atoms with Crippen molar-refractivity contribution in [3.05, 3.63) is 41.7 Å². The van der Waals surface area contributed by atoms with E-state index in [0.717, 1.165) is 36.8 Å². The molecule has 138 valence electrons. The van der Waals surface area contributed by atoms with E-state index in [1.807, 2.05) is 39.9 Å². The van der Waals surface area contributed by atoms with Gasteiger partial charge in [0.05, 0.1) is 5.75 Å². The fourth-order valence-electron chi connectivity index (χ4n) is 2.83. The van der Waals surface area contributed by atoms with Crippen molar-refractivity contribution in [3.8, 4) is 5.69 Å². The lowest BCUT2D eigenvalue weighted by molar-refractivity contribution is -0.130. The predicted octanol–water partition coefficient (Wildman–Crippen LogP) is 2.75. The monoisotopic (exact) mass is 392 g/mol. The topological polar surface area (TPSA) is 67.2 Å². The Kier molecular flexibility index (Phi) is 6.57. The van der Waals surface area contributed by atoms with Gasteiger partial charge < -0.3 is 10.2 Å². The molecular formula is C18H21ClN4O2S. The summed E-state index contributed by atoms with van der Waals surface area (Å²) in [6, 6.07) is 7.46. The highest BCUT2D eigenvalue weighted by atomic mass is 35.5. The highest BCUT2D eigenvalue weighted by Crippen LogP contribution is 2.22. The fourth-order valence-corrected chi connectivity index (χ4v) is 3.82. The lowest BCUT2D eigenvalue weighted by atomic mass is 10.3. The SMILES string of the molecule is O=C(CSc1nccn1-c1cccc(Cl)c1)NCCC(=O)N1CCCC1. The second-order valence-corrected chi connectivity index (χ2v) is 7.42. The fraction of sp³-hybridized carbons (Fsp3) is 0.389. The molecule has 8 heteroatoms. The Hall–Kier alpha value is -1.99. The molecule has 2 amide bonds. The summed E-state index contributed by atoms with van der Waals surface area (Å²) in [5, 5.41) is 4.17. The number of carbonyl (C=O) groups is 2. The van der Waals surface area contributed by atoms with Crippen molar-refractivity contribution in [2.45, 2.75) is 24.4 Å². The van der Waals surface area contributed by atoms with E-state index >= 15 is 0 Å². The number of imidazole rings is 1. The summed E-state index contributed by atoms with van der Waals surface area (Å²) >= 11 is 7.38. The molecule has 1 aromatic heterocycles. The zero-order chi connectivity index (χ0) is 18.4. The third-order valence-electron chi connectivity index (χ3n) is 4.15. The minimum absolute atomic E-state index is 0.107. The van der Waals surface area contributed by atoms with Crippen LogP contribution in [-0.2, 0) is 9.59 Å². The number of thioether (sulfide) groups is 1. The Morgan fingerprint density at radius 3 is 2.85 bits per heavy atom. The normalized spacial score (nSPS) is 13.8. The summed E-state index contributed by atoms with van der Waals surface area (Å²) in [6.07, 6.45) is 6.03. The number of halogens is 1. The number of likely N-dealkylation sites (tertiary alicyclic amines) is 1. The van der Waals surface area contributed by atoms with Crippen molar-refractivity contribution in [2.24, 2.45) is 0 Å². The molecule has 1 aromatic carbocycles. The van der Waals surface area contributed by atoms with Crippen molar-refractivity contribution in [1.29, 1.82) is 0 Å². The van der Waals surface area contributed by atoms with Crippen LogP contribution in [0.25, 0.3) is 5.69 Å². The molecule has 0 atom stereocenters. The first-order valence-corrected chi connectivity index (χ1v) is 9.96. The molecule has 0 bridgehead atoms. The first-order chi connectivity index (χ1) is 12.6. The Balaban J connectivity index is 1.45. The molecular weight excluding hydrogens is 372 g/mol. The van der Waals surface area contributed by atoms with E-state index in [2.05, 4.69) is 10.3 Å². The van der Waals surface area contributed by atoms with E-state index in [0.29, 0.717) is 18.0 Å². The van der Waals surface area contributed by atoms with Gasteiger partial charge >= 0.3 is 0 Å². The van der Waals surface area contributed by atoms with Crippen molar-refractivity contribution >= 4 is 35.2 Å². The van der Waals surface area contributed by atoms with Crippen LogP contribution in [0.5, 0.6) is 0 Å². The lowest BCUT2D eigenvalue weighted by Crippen LogP contribution is -2.33. The highest BCUT2D eigenvalue weighted by Gasteiger charge is 2.17. The molecule has 2 heterocycles. The quantitative estimate of drug-likeness (QED) is 0.736. The number of rotatable bonds is 7. The summed E-state index contributed by atoms with van der Waals surface area (Å²) in [7, 11) is 0. The summed E-state index contributed by atoms with van der Waals surface area (Å²) in [4.78, 5) is 30.1. The second kappa shape index (κ2) is 9.09. The minimum atomic E-state index is -0.107. The molecule has 1 N–H and O–H groups in total. The summed E-state index contributed by atoms with van der Waals surface area (Å²) in [5.41, 5.74) is 0.897. The van der Waals surface area contributed by atoms with Crippen LogP contribution in [0.4, 0.5) is 0 Å². The van der Waals surface area contributed by atoms with Crippen LogP contribution in [0.15, 0.2) is 41.8 Å². The number of hydrogen-bond donors (Lipinski definition) is 1. The molecule has 2 aromatic rings. The minimum Gasteiger partial charge on any atom is -0.355 e. The van der Waals surface area contributed by atoms with E-state index in [1.54, 1.807) is 6.20 Å². The number of aromatic nitrogens is 2. The van der Waals surface area contributed by atoms with Crippen LogP contribution in [0, 0.1) is 0 Å². The number of nitrogens with one attached hydrogen (secondary N) is 1. The molecule has 0 aliphatic carbocycles. The van der Waals surface area contributed by atoms with Crippen LogP contribution in [0.1, 0.15) is 19.3 Å².